The van der Waals surface area contributed by atoms with Crippen molar-refractivity contribution >= 4 is 0 Å². The molecule has 6 nitrogen and oxygen atoms in total. The molecule has 0 radical (unpaired) electrons. The lowest BCUT2D eigenvalue weighted by Crippen LogP contribution is -2.31. The lowest BCUT2D eigenvalue weighted by atomic mass is 10.0. The summed E-state index contributed by atoms with van der Waals surface area (Å²) in [7, 11) is 3.05. The third kappa shape index (κ3) is 3.52. The van der Waals surface area contributed by atoms with Gasteiger partial charge in [-0.05, 0) is 13.5 Å². The van der Waals surface area contributed by atoms with Crippen molar-refractivity contribution in [2.45, 2.75) is 32.7 Å². The number of methoxy groups -OCH3 is 2. The van der Waals surface area contributed by atoms with Crippen LogP contribution in [0, 0.1) is 0 Å². The molecule has 0 aliphatic heterocycles. The van der Waals surface area contributed by atoms with E-state index in [0.29, 0.717) is 5.82 Å². The molecule has 17 heavy (non-hydrogen) atoms. The molecule has 0 spiro atoms. The molecule has 0 aliphatic carbocycles. The zero-order valence-corrected chi connectivity index (χ0v) is 11.0. The summed E-state index contributed by atoms with van der Waals surface area (Å²) in [6, 6.07) is 0.835. The monoisotopic (exact) mass is 240 g/mol. The van der Waals surface area contributed by atoms with Crippen LogP contribution in [0.5, 0.6) is 12.0 Å². The Hall–Kier alpha value is -1.43. The Labute approximate surface area is 102 Å². The van der Waals surface area contributed by atoms with Crippen molar-refractivity contribution in [2.75, 3.05) is 20.8 Å². The van der Waals surface area contributed by atoms with Crippen molar-refractivity contribution in [1.29, 1.82) is 0 Å². The van der Waals surface area contributed by atoms with Crippen LogP contribution in [0.3, 0.4) is 0 Å². The van der Waals surface area contributed by atoms with E-state index in [9.17, 15) is 0 Å². The minimum atomic E-state index is 0.153. The molecule has 0 saturated carbocycles. The van der Waals surface area contributed by atoms with E-state index >= 15 is 0 Å². The van der Waals surface area contributed by atoms with Crippen LogP contribution in [-0.2, 0) is 0 Å². The fourth-order valence-corrected chi connectivity index (χ4v) is 1.46. The minimum Gasteiger partial charge on any atom is -0.467 e. The molecule has 1 heterocycles. The Morgan fingerprint density at radius 1 is 1.06 bits per heavy atom. The summed E-state index contributed by atoms with van der Waals surface area (Å²) < 4.78 is 10.0. The van der Waals surface area contributed by atoms with Gasteiger partial charge >= 0.3 is 12.0 Å². The van der Waals surface area contributed by atoms with Crippen molar-refractivity contribution in [3.05, 3.63) is 5.82 Å². The van der Waals surface area contributed by atoms with E-state index < -0.39 is 0 Å². The molecule has 1 aromatic rings. The van der Waals surface area contributed by atoms with Gasteiger partial charge < -0.3 is 14.8 Å². The average Bonchev–Trinajstić information content (AvgIpc) is 2.37. The van der Waals surface area contributed by atoms with Gasteiger partial charge in [0.15, 0.2) is 0 Å². The number of nitrogens with zero attached hydrogens (tertiary/aromatic N) is 3. The van der Waals surface area contributed by atoms with Gasteiger partial charge in [-0.2, -0.15) is 9.97 Å². The van der Waals surface area contributed by atoms with Crippen LogP contribution in [0.15, 0.2) is 0 Å². The standard InChI is InChI=1S/C11H20N4O2/c1-6-12-8(3)7(2)9-13-10(16-4)15-11(14-9)17-5/h7-8,12H,6H2,1-5H3. The highest BCUT2D eigenvalue weighted by Crippen LogP contribution is 2.19. The van der Waals surface area contributed by atoms with Crippen molar-refractivity contribution in [3.8, 4) is 12.0 Å². The summed E-state index contributed by atoms with van der Waals surface area (Å²) >= 11 is 0. The Balaban J connectivity index is 2.95. The summed E-state index contributed by atoms with van der Waals surface area (Å²) in [5, 5.41) is 3.34. The summed E-state index contributed by atoms with van der Waals surface area (Å²) in [4.78, 5) is 12.4. The maximum absolute atomic E-state index is 5.02. The van der Waals surface area contributed by atoms with Gasteiger partial charge in [0.1, 0.15) is 5.82 Å². The Morgan fingerprint density at radius 3 is 2.00 bits per heavy atom. The zero-order chi connectivity index (χ0) is 12.8. The highest BCUT2D eigenvalue weighted by atomic mass is 16.5. The van der Waals surface area contributed by atoms with Gasteiger partial charge in [0, 0.05) is 12.0 Å². The van der Waals surface area contributed by atoms with Crippen LogP contribution in [0.4, 0.5) is 0 Å². The lowest BCUT2D eigenvalue weighted by molar-refractivity contribution is 0.331. The second kappa shape index (κ2) is 6.34. The summed E-state index contributed by atoms with van der Waals surface area (Å²) in [6.07, 6.45) is 0. The van der Waals surface area contributed by atoms with Gasteiger partial charge in [0.25, 0.3) is 0 Å². The maximum atomic E-state index is 5.02. The second-order valence-electron chi connectivity index (χ2n) is 3.80. The molecule has 0 fully saturated rings. The van der Waals surface area contributed by atoms with Crippen molar-refractivity contribution in [3.63, 3.8) is 0 Å². The van der Waals surface area contributed by atoms with E-state index in [1.54, 1.807) is 0 Å². The molecular formula is C11H20N4O2. The zero-order valence-electron chi connectivity index (χ0n) is 11.0. The fraction of sp³-hybridized carbons (Fsp3) is 0.727. The quantitative estimate of drug-likeness (QED) is 0.799. The summed E-state index contributed by atoms with van der Waals surface area (Å²) in [5.74, 6) is 0.822. The molecule has 0 aromatic carbocycles. The van der Waals surface area contributed by atoms with E-state index in [1.807, 2.05) is 0 Å². The van der Waals surface area contributed by atoms with E-state index in [0.717, 1.165) is 6.54 Å². The average molecular weight is 240 g/mol. The lowest BCUT2D eigenvalue weighted by Gasteiger charge is -2.19. The Kier molecular flexibility index (Phi) is 5.09. The van der Waals surface area contributed by atoms with Crippen LogP contribution in [-0.4, -0.2) is 41.8 Å². The first-order valence-electron chi connectivity index (χ1n) is 5.69. The molecule has 0 saturated heterocycles. The molecule has 6 heteroatoms. The van der Waals surface area contributed by atoms with Crippen molar-refractivity contribution < 1.29 is 9.47 Å². The largest absolute Gasteiger partial charge is 0.467 e. The third-order valence-electron chi connectivity index (χ3n) is 2.66. The molecule has 1 aromatic heterocycles. The number of nitrogens with one attached hydrogen (secondary N) is 1. The first-order valence-corrected chi connectivity index (χ1v) is 5.69. The molecule has 1 rings (SSSR count). The predicted octanol–water partition coefficient (Wildman–Crippen LogP) is 0.990. The highest BCUT2D eigenvalue weighted by molar-refractivity contribution is 5.09. The smallest absolute Gasteiger partial charge is 0.322 e. The summed E-state index contributed by atoms with van der Waals surface area (Å²) in [5.41, 5.74) is 0. The van der Waals surface area contributed by atoms with Crippen LogP contribution >= 0.6 is 0 Å². The number of aromatic nitrogens is 3. The fourth-order valence-electron chi connectivity index (χ4n) is 1.46. The van der Waals surface area contributed by atoms with Crippen LogP contribution in [0.2, 0.25) is 0 Å². The normalized spacial score (nSPS) is 14.2. The molecule has 1 N–H and O–H groups in total. The third-order valence-corrected chi connectivity index (χ3v) is 2.66. The highest BCUT2D eigenvalue weighted by Gasteiger charge is 2.19. The Morgan fingerprint density at radius 2 is 1.59 bits per heavy atom. The molecular weight excluding hydrogens is 220 g/mol. The number of hydrogen-bond donors (Lipinski definition) is 1. The number of likely N-dealkylation sites (N-methyl/N-ethyl adjacent to an activating group) is 1. The van der Waals surface area contributed by atoms with Crippen LogP contribution in [0.1, 0.15) is 32.5 Å². The first-order chi connectivity index (χ1) is 8.12. The minimum absolute atomic E-state index is 0.153. The number of hydrogen-bond acceptors (Lipinski definition) is 6. The van der Waals surface area contributed by atoms with Crippen LogP contribution < -0.4 is 14.8 Å². The molecule has 96 valence electrons. The van der Waals surface area contributed by atoms with Gasteiger partial charge in [0.05, 0.1) is 14.2 Å². The number of rotatable bonds is 6. The van der Waals surface area contributed by atoms with Gasteiger partial charge in [-0.15, -0.1) is 4.98 Å². The molecule has 2 atom stereocenters. The SMILES string of the molecule is CCNC(C)C(C)c1nc(OC)nc(OC)n1. The predicted molar refractivity (Wildman–Crippen MR) is 64.5 cm³/mol. The van der Waals surface area contributed by atoms with Gasteiger partial charge in [-0.25, -0.2) is 0 Å². The van der Waals surface area contributed by atoms with Gasteiger partial charge in [0.2, 0.25) is 0 Å². The topological polar surface area (TPSA) is 69.2 Å². The summed E-state index contributed by atoms with van der Waals surface area (Å²) in [6.45, 7) is 7.13. The first kappa shape index (κ1) is 13.6. The van der Waals surface area contributed by atoms with E-state index in [-0.39, 0.29) is 24.0 Å². The van der Waals surface area contributed by atoms with Gasteiger partial charge in [-0.3, -0.25) is 0 Å². The number of ether oxygens (including phenoxy) is 2. The van der Waals surface area contributed by atoms with Gasteiger partial charge in [-0.1, -0.05) is 13.8 Å². The van der Waals surface area contributed by atoms with E-state index in [4.69, 9.17) is 9.47 Å². The Bertz CT molecular complexity index is 337. The second-order valence-corrected chi connectivity index (χ2v) is 3.80. The van der Waals surface area contributed by atoms with Crippen molar-refractivity contribution in [2.24, 2.45) is 0 Å². The van der Waals surface area contributed by atoms with E-state index in [1.165, 1.54) is 14.2 Å². The van der Waals surface area contributed by atoms with E-state index in [2.05, 4.69) is 41.0 Å². The molecule has 0 aliphatic rings. The van der Waals surface area contributed by atoms with Crippen molar-refractivity contribution in [1.82, 2.24) is 20.3 Å². The van der Waals surface area contributed by atoms with Crippen LogP contribution in [0.25, 0.3) is 0 Å². The molecule has 0 amide bonds. The molecule has 0 bridgehead atoms. The molecule has 2 unspecified atom stereocenters. The maximum Gasteiger partial charge on any atom is 0.322 e.